The van der Waals surface area contributed by atoms with Crippen LogP contribution in [0, 0.1) is 0 Å². The summed E-state index contributed by atoms with van der Waals surface area (Å²) in [5.74, 6) is 0.562. The molecule has 2 heterocycles. The number of amides is 1. The molecule has 27 heavy (non-hydrogen) atoms. The van der Waals surface area contributed by atoms with Crippen molar-refractivity contribution in [2.45, 2.75) is 0 Å². The van der Waals surface area contributed by atoms with E-state index < -0.39 is 0 Å². The number of nitrogens with zero attached hydrogens (tertiary/aromatic N) is 4. The van der Waals surface area contributed by atoms with Gasteiger partial charge in [0.2, 0.25) is 0 Å². The van der Waals surface area contributed by atoms with Crippen LogP contribution in [0.4, 0.5) is 11.5 Å². The Kier molecular flexibility index (Phi) is 4.92. The van der Waals surface area contributed by atoms with Crippen LogP contribution in [0.15, 0.2) is 48.5 Å². The summed E-state index contributed by atoms with van der Waals surface area (Å²) >= 11 is 6.25. The molecule has 6 nitrogen and oxygen atoms in total. The minimum Gasteiger partial charge on any atom is -0.338 e. The van der Waals surface area contributed by atoms with Crippen LogP contribution in [0.5, 0.6) is 0 Å². The molecule has 0 atom stereocenters. The second kappa shape index (κ2) is 7.50. The van der Waals surface area contributed by atoms with Crippen molar-refractivity contribution in [2.75, 3.05) is 38.5 Å². The highest BCUT2D eigenvalue weighted by Gasteiger charge is 2.20. The van der Waals surface area contributed by atoms with Crippen molar-refractivity contribution >= 4 is 40.0 Å². The maximum absolute atomic E-state index is 12.6. The molecule has 1 N–H and O–H groups in total. The Bertz CT molecular complexity index is 968. The molecule has 1 aliphatic heterocycles. The Morgan fingerprint density at radius 1 is 0.963 bits per heavy atom. The van der Waals surface area contributed by atoms with Gasteiger partial charge in [-0.3, -0.25) is 4.79 Å². The third-order valence-electron chi connectivity index (χ3n) is 4.71. The van der Waals surface area contributed by atoms with Crippen LogP contribution in [0.3, 0.4) is 0 Å². The van der Waals surface area contributed by atoms with Gasteiger partial charge in [0.15, 0.2) is 11.0 Å². The number of nitrogens with one attached hydrogen (secondary N) is 1. The van der Waals surface area contributed by atoms with E-state index in [0.29, 0.717) is 16.5 Å². The second-order valence-corrected chi connectivity index (χ2v) is 7.01. The van der Waals surface area contributed by atoms with E-state index in [4.69, 9.17) is 11.6 Å². The molecular weight excluding hydrogens is 362 g/mol. The molecule has 138 valence electrons. The summed E-state index contributed by atoms with van der Waals surface area (Å²) in [6.07, 6.45) is 0. The van der Waals surface area contributed by atoms with Gasteiger partial charge in [-0.05, 0) is 43.4 Å². The fourth-order valence-electron chi connectivity index (χ4n) is 3.08. The lowest BCUT2D eigenvalue weighted by Crippen LogP contribution is -2.47. The molecule has 0 radical (unpaired) electrons. The van der Waals surface area contributed by atoms with E-state index in [-0.39, 0.29) is 5.91 Å². The lowest BCUT2D eigenvalue weighted by Gasteiger charge is -2.32. The predicted molar refractivity (Wildman–Crippen MR) is 108 cm³/mol. The van der Waals surface area contributed by atoms with Crippen LogP contribution in [-0.4, -0.2) is 58.9 Å². The summed E-state index contributed by atoms with van der Waals surface area (Å²) in [4.78, 5) is 25.6. The van der Waals surface area contributed by atoms with E-state index >= 15 is 0 Å². The average molecular weight is 382 g/mol. The number of carbonyl (C=O) groups excluding carboxylic acids is 1. The van der Waals surface area contributed by atoms with Crippen molar-refractivity contribution in [1.82, 2.24) is 19.8 Å². The van der Waals surface area contributed by atoms with Crippen LogP contribution in [0.2, 0.25) is 5.15 Å². The number of carbonyl (C=O) groups is 1. The van der Waals surface area contributed by atoms with Crippen molar-refractivity contribution in [1.29, 1.82) is 0 Å². The summed E-state index contributed by atoms with van der Waals surface area (Å²) in [7, 11) is 2.07. The van der Waals surface area contributed by atoms with Gasteiger partial charge >= 0.3 is 0 Å². The lowest BCUT2D eigenvalue weighted by atomic mass is 10.1. The Balaban J connectivity index is 1.49. The van der Waals surface area contributed by atoms with Gasteiger partial charge in [0, 0.05) is 37.4 Å². The molecule has 0 spiro atoms. The maximum Gasteiger partial charge on any atom is 0.253 e. The molecule has 1 aromatic heterocycles. The van der Waals surface area contributed by atoms with E-state index in [0.717, 1.165) is 42.9 Å². The Morgan fingerprint density at radius 3 is 2.26 bits per heavy atom. The van der Waals surface area contributed by atoms with Gasteiger partial charge in [0.25, 0.3) is 5.91 Å². The average Bonchev–Trinajstić information content (AvgIpc) is 2.69. The monoisotopic (exact) mass is 381 g/mol. The topological polar surface area (TPSA) is 61.4 Å². The molecule has 0 saturated carbocycles. The number of hydrogen-bond donors (Lipinski definition) is 1. The molecule has 1 aliphatic rings. The van der Waals surface area contributed by atoms with Crippen molar-refractivity contribution in [3.8, 4) is 0 Å². The fraction of sp³-hybridized carbons (Fsp3) is 0.250. The van der Waals surface area contributed by atoms with Crippen LogP contribution >= 0.6 is 11.6 Å². The van der Waals surface area contributed by atoms with Crippen molar-refractivity contribution in [3.05, 3.63) is 59.2 Å². The number of anilines is 2. The number of piperazine rings is 1. The summed E-state index contributed by atoms with van der Waals surface area (Å²) in [6.45, 7) is 3.34. The van der Waals surface area contributed by atoms with Crippen molar-refractivity contribution < 1.29 is 4.79 Å². The van der Waals surface area contributed by atoms with E-state index in [1.54, 1.807) is 0 Å². The highest BCUT2D eigenvalue weighted by atomic mass is 35.5. The predicted octanol–water partition coefficient (Wildman–Crippen LogP) is 3.41. The zero-order valence-electron chi connectivity index (χ0n) is 15.0. The molecule has 0 unspecified atom stereocenters. The zero-order valence-corrected chi connectivity index (χ0v) is 15.8. The van der Waals surface area contributed by atoms with Gasteiger partial charge in [-0.25, -0.2) is 9.97 Å². The van der Waals surface area contributed by atoms with Gasteiger partial charge in [-0.2, -0.15) is 0 Å². The molecule has 0 aliphatic carbocycles. The van der Waals surface area contributed by atoms with E-state index in [1.165, 1.54) is 0 Å². The standard InChI is InChI=1S/C20H20ClN5O/c1-25-10-12-26(13-11-25)20(27)14-6-8-15(9-7-14)22-19-18(21)23-16-4-2-3-5-17(16)24-19/h2-9H,10-13H2,1H3,(H,22,24). The smallest absolute Gasteiger partial charge is 0.253 e. The highest BCUT2D eigenvalue weighted by Crippen LogP contribution is 2.25. The third kappa shape index (κ3) is 3.86. The Hall–Kier alpha value is -2.70. The molecule has 1 amide bonds. The number of para-hydroxylation sites is 2. The second-order valence-electron chi connectivity index (χ2n) is 6.65. The number of hydrogen-bond acceptors (Lipinski definition) is 5. The van der Waals surface area contributed by atoms with Crippen molar-refractivity contribution in [3.63, 3.8) is 0 Å². The normalized spacial score (nSPS) is 15.1. The summed E-state index contributed by atoms with van der Waals surface area (Å²) in [6, 6.07) is 14.9. The largest absolute Gasteiger partial charge is 0.338 e. The van der Waals surface area contributed by atoms with Crippen LogP contribution in [0.1, 0.15) is 10.4 Å². The number of benzene rings is 2. The molecule has 3 aromatic rings. The third-order valence-corrected chi connectivity index (χ3v) is 4.98. The van der Waals surface area contributed by atoms with Gasteiger partial charge in [0.05, 0.1) is 11.0 Å². The van der Waals surface area contributed by atoms with Crippen LogP contribution in [-0.2, 0) is 0 Å². The quantitative estimate of drug-likeness (QED) is 0.753. The SMILES string of the molecule is CN1CCN(C(=O)c2ccc(Nc3nc4ccccc4nc3Cl)cc2)CC1. The highest BCUT2D eigenvalue weighted by molar-refractivity contribution is 6.32. The van der Waals surface area contributed by atoms with E-state index in [1.807, 2.05) is 53.4 Å². The maximum atomic E-state index is 12.6. The summed E-state index contributed by atoms with van der Waals surface area (Å²) < 4.78 is 0. The van der Waals surface area contributed by atoms with Gasteiger partial charge in [-0.15, -0.1) is 0 Å². The van der Waals surface area contributed by atoms with Gasteiger partial charge in [0.1, 0.15) is 0 Å². The fourth-order valence-corrected chi connectivity index (χ4v) is 3.26. The number of likely N-dealkylation sites (N-methyl/N-ethyl adjacent to an activating group) is 1. The number of rotatable bonds is 3. The molecule has 1 fully saturated rings. The lowest BCUT2D eigenvalue weighted by molar-refractivity contribution is 0.0664. The first-order chi connectivity index (χ1) is 13.1. The van der Waals surface area contributed by atoms with Crippen molar-refractivity contribution in [2.24, 2.45) is 0 Å². The Morgan fingerprint density at radius 2 is 1.59 bits per heavy atom. The first-order valence-corrected chi connectivity index (χ1v) is 9.25. The molecule has 1 saturated heterocycles. The molecule has 2 aromatic carbocycles. The Labute approximate surface area is 162 Å². The molecular formula is C20H20ClN5O. The zero-order chi connectivity index (χ0) is 18.8. The van der Waals surface area contributed by atoms with E-state index in [9.17, 15) is 4.79 Å². The number of fused-ring (bicyclic) bond motifs is 1. The van der Waals surface area contributed by atoms with E-state index in [2.05, 4.69) is 27.2 Å². The van der Waals surface area contributed by atoms with Crippen LogP contribution < -0.4 is 5.32 Å². The minimum absolute atomic E-state index is 0.0678. The number of aromatic nitrogens is 2. The summed E-state index contributed by atoms with van der Waals surface area (Å²) in [5.41, 5.74) is 3.00. The minimum atomic E-state index is 0.0678. The molecule has 4 rings (SSSR count). The summed E-state index contributed by atoms with van der Waals surface area (Å²) in [5, 5.41) is 3.49. The van der Waals surface area contributed by atoms with Crippen LogP contribution in [0.25, 0.3) is 11.0 Å². The first-order valence-electron chi connectivity index (χ1n) is 8.87. The van der Waals surface area contributed by atoms with Gasteiger partial charge < -0.3 is 15.1 Å². The van der Waals surface area contributed by atoms with Gasteiger partial charge in [-0.1, -0.05) is 23.7 Å². The number of halogens is 1. The first kappa shape index (κ1) is 17.7. The molecule has 7 heteroatoms. The molecule has 0 bridgehead atoms.